The molecule has 0 radical (unpaired) electrons. The lowest BCUT2D eigenvalue weighted by atomic mass is 10.1. The second-order valence-corrected chi connectivity index (χ2v) is 3.60. The van der Waals surface area contributed by atoms with Gasteiger partial charge in [0.2, 0.25) is 0 Å². The van der Waals surface area contributed by atoms with Crippen LogP contribution in [0.4, 0.5) is 0 Å². The summed E-state index contributed by atoms with van der Waals surface area (Å²) in [7, 11) is 1.39. The molecule has 1 heterocycles. The Morgan fingerprint density at radius 3 is 3.06 bits per heavy atom. The minimum Gasteiger partial charge on any atom is -0.469 e. The number of aromatic nitrogens is 1. The number of fused-ring (bicyclic) bond motifs is 1. The molecule has 17 heavy (non-hydrogen) atoms. The summed E-state index contributed by atoms with van der Waals surface area (Å²) in [5, 5.41) is 1.08. The minimum absolute atomic E-state index is 0.236. The summed E-state index contributed by atoms with van der Waals surface area (Å²) in [5.74, 6) is -0.236. The highest BCUT2D eigenvalue weighted by molar-refractivity contribution is 5.88. The number of nitrogens with zero attached hydrogens (tertiary/aromatic N) is 1. The van der Waals surface area contributed by atoms with Crippen LogP contribution in [0.25, 0.3) is 17.0 Å². The van der Waals surface area contributed by atoms with Crippen molar-refractivity contribution in [2.75, 3.05) is 7.11 Å². The molecule has 3 nitrogen and oxygen atoms in total. The van der Waals surface area contributed by atoms with E-state index < -0.39 is 0 Å². The van der Waals surface area contributed by atoms with Crippen molar-refractivity contribution in [2.45, 2.75) is 6.42 Å². The summed E-state index contributed by atoms with van der Waals surface area (Å²) < 4.78 is 4.57. The molecule has 0 saturated heterocycles. The Morgan fingerprint density at radius 2 is 2.24 bits per heavy atom. The fourth-order valence-corrected chi connectivity index (χ4v) is 1.64. The van der Waals surface area contributed by atoms with E-state index in [1.807, 2.05) is 36.4 Å². The zero-order valence-electron chi connectivity index (χ0n) is 9.59. The zero-order chi connectivity index (χ0) is 12.1. The third-order valence-corrected chi connectivity index (χ3v) is 2.49. The van der Waals surface area contributed by atoms with Crippen LogP contribution in [-0.4, -0.2) is 18.1 Å². The summed E-state index contributed by atoms with van der Waals surface area (Å²) in [4.78, 5) is 15.3. The van der Waals surface area contributed by atoms with Crippen LogP contribution in [0.1, 0.15) is 12.0 Å². The number of hydrogen-bond donors (Lipinski definition) is 0. The number of benzene rings is 1. The second-order valence-electron chi connectivity index (χ2n) is 3.60. The normalized spacial score (nSPS) is 10.9. The van der Waals surface area contributed by atoms with E-state index in [0.717, 1.165) is 16.5 Å². The second kappa shape index (κ2) is 5.25. The molecule has 0 aliphatic rings. The number of rotatable bonds is 3. The SMILES string of the molecule is COC(=O)CC=Cc1cccc2ncccc12. The number of esters is 1. The lowest BCUT2D eigenvalue weighted by Crippen LogP contribution is -1.96. The molecular formula is C14H13NO2. The zero-order valence-corrected chi connectivity index (χ0v) is 9.59. The van der Waals surface area contributed by atoms with Crippen molar-refractivity contribution in [1.29, 1.82) is 0 Å². The summed E-state index contributed by atoms with van der Waals surface area (Å²) in [6, 6.07) is 9.83. The molecule has 0 fully saturated rings. The fraction of sp³-hybridized carbons (Fsp3) is 0.143. The van der Waals surface area contributed by atoms with Gasteiger partial charge >= 0.3 is 5.97 Å². The van der Waals surface area contributed by atoms with E-state index in [1.54, 1.807) is 12.3 Å². The van der Waals surface area contributed by atoms with Gasteiger partial charge in [-0.15, -0.1) is 0 Å². The van der Waals surface area contributed by atoms with Crippen LogP contribution in [0.2, 0.25) is 0 Å². The number of hydrogen-bond acceptors (Lipinski definition) is 3. The smallest absolute Gasteiger partial charge is 0.309 e. The van der Waals surface area contributed by atoms with Crippen LogP contribution in [0, 0.1) is 0 Å². The lowest BCUT2D eigenvalue weighted by molar-refractivity contribution is -0.139. The molecule has 1 aromatic carbocycles. The van der Waals surface area contributed by atoms with Gasteiger partial charge in [0.25, 0.3) is 0 Å². The standard InChI is InChI=1S/C14H13NO2/c1-17-14(16)9-3-6-11-5-2-8-13-12(11)7-4-10-15-13/h2-8,10H,9H2,1H3. The molecule has 3 heteroatoms. The van der Waals surface area contributed by atoms with E-state index in [4.69, 9.17) is 0 Å². The molecule has 0 spiro atoms. The molecule has 2 aromatic rings. The molecule has 2 rings (SSSR count). The van der Waals surface area contributed by atoms with Gasteiger partial charge in [0.05, 0.1) is 19.0 Å². The van der Waals surface area contributed by atoms with Crippen LogP contribution < -0.4 is 0 Å². The maximum absolute atomic E-state index is 11.0. The van der Waals surface area contributed by atoms with E-state index in [9.17, 15) is 4.79 Å². The number of pyridine rings is 1. The quantitative estimate of drug-likeness (QED) is 0.757. The predicted molar refractivity (Wildman–Crippen MR) is 67.4 cm³/mol. The summed E-state index contributed by atoms with van der Waals surface area (Å²) in [5.41, 5.74) is 2.01. The lowest BCUT2D eigenvalue weighted by Gasteiger charge is -2.00. The molecule has 0 bridgehead atoms. The van der Waals surface area contributed by atoms with Gasteiger partial charge in [-0.3, -0.25) is 9.78 Å². The highest BCUT2D eigenvalue weighted by Gasteiger charge is 1.98. The summed E-state index contributed by atoms with van der Waals surface area (Å²) >= 11 is 0. The van der Waals surface area contributed by atoms with Crippen molar-refractivity contribution in [3.63, 3.8) is 0 Å². The number of carbonyl (C=O) groups excluding carboxylic acids is 1. The third-order valence-electron chi connectivity index (χ3n) is 2.49. The first kappa shape index (κ1) is 11.3. The molecule has 86 valence electrons. The summed E-state index contributed by atoms with van der Waals surface area (Å²) in [6.45, 7) is 0. The monoisotopic (exact) mass is 227 g/mol. The minimum atomic E-state index is -0.236. The van der Waals surface area contributed by atoms with Gasteiger partial charge in [-0.05, 0) is 17.7 Å². The molecule has 0 atom stereocenters. The van der Waals surface area contributed by atoms with Gasteiger partial charge < -0.3 is 4.74 Å². The van der Waals surface area contributed by atoms with Gasteiger partial charge in [-0.2, -0.15) is 0 Å². The summed E-state index contributed by atoms with van der Waals surface area (Å²) in [6.07, 6.45) is 5.77. The molecule has 0 saturated carbocycles. The van der Waals surface area contributed by atoms with Gasteiger partial charge in [0.15, 0.2) is 0 Å². The van der Waals surface area contributed by atoms with Gasteiger partial charge in [-0.1, -0.05) is 30.4 Å². The Hall–Kier alpha value is -2.16. The maximum Gasteiger partial charge on any atom is 0.309 e. The van der Waals surface area contributed by atoms with Crippen LogP contribution >= 0.6 is 0 Å². The predicted octanol–water partition coefficient (Wildman–Crippen LogP) is 2.81. The van der Waals surface area contributed by atoms with Crippen LogP contribution in [0.15, 0.2) is 42.6 Å². The third kappa shape index (κ3) is 2.69. The van der Waals surface area contributed by atoms with Gasteiger partial charge in [0, 0.05) is 11.6 Å². The highest BCUT2D eigenvalue weighted by Crippen LogP contribution is 2.17. The van der Waals surface area contributed by atoms with E-state index in [1.165, 1.54) is 7.11 Å². The molecule has 1 aromatic heterocycles. The first-order valence-corrected chi connectivity index (χ1v) is 5.38. The van der Waals surface area contributed by atoms with Crippen molar-refractivity contribution in [1.82, 2.24) is 4.98 Å². The first-order valence-electron chi connectivity index (χ1n) is 5.38. The molecular weight excluding hydrogens is 214 g/mol. The Balaban J connectivity index is 2.27. The van der Waals surface area contributed by atoms with Crippen molar-refractivity contribution < 1.29 is 9.53 Å². The fourth-order valence-electron chi connectivity index (χ4n) is 1.64. The molecule has 0 aliphatic carbocycles. The van der Waals surface area contributed by atoms with Crippen LogP contribution in [0.3, 0.4) is 0 Å². The number of carbonyl (C=O) groups is 1. The average molecular weight is 227 g/mol. The van der Waals surface area contributed by atoms with Gasteiger partial charge in [0.1, 0.15) is 0 Å². The first-order chi connectivity index (χ1) is 8.31. The van der Waals surface area contributed by atoms with Crippen molar-refractivity contribution in [3.05, 3.63) is 48.2 Å². The topological polar surface area (TPSA) is 39.2 Å². The molecule has 0 N–H and O–H groups in total. The Labute approximate surface area is 99.7 Å². The van der Waals surface area contributed by atoms with Crippen molar-refractivity contribution in [2.24, 2.45) is 0 Å². The van der Waals surface area contributed by atoms with Gasteiger partial charge in [-0.25, -0.2) is 0 Å². The molecule has 0 unspecified atom stereocenters. The van der Waals surface area contributed by atoms with E-state index in [-0.39, 0.29) is 12.4 Å². The maximum atomic E-state index is 11.0. The Morgan fingerprint density at radius 1 is 1.35 bits per heavy atom. The highest BCUT2D eigenvalue weighted by atomic mass is 16.5. The van der Waals surface area contributed by atoms with Crippen molar-refractivity contribution >= 4 is 22.9 Å². The average Bonchev–Trinajstić information content (AvgIpc) is 2.39. The van der Waals surface area contributed by atoms with Crippen molar-refractivity contribution in [3.8, 4) is 0 Å². The Kier molecular flexibility index (Phi) is 3.50. The van der Waals surface area contributed by atoms with E-state index in [0.29, 0.717) is 0 Å². The number of ether oxygens (including phenoxy) is 1. The van der Waals surface area contributed by atoms with Crippen LogP contribution in [-0.2, 0) is 9.53 Å². The van der Waals surface area contributed by atoms with E-state index in [2.05, 4.69) is 9.72 Å². The largest absolute Gasteiger partial charge is 0.469 e. The molecule has 0 amide bonds. The Bertz CT molecular complexity index is 556. The van der Waals surface area contributed by atoms with Crippen LogP contribution in [0.5, 0.6) is 0 Å². The number of methoxy groups -OCH3 is 1. The molecule has 0 aliphatic heterocycles. The van der Waals surface area contributed by atoms with E-state index >= 15 is 0 Å².